The van der Waals surface area contributed by atoms with Crippen molar-refractivity contribution in [1.82, 2.24) is 10.2 Å². The van der Waals surface area contributed by atoms with Crippen LogP contribution < -0.4 is 9.62 Å². The van der Waals surface area contributed by atoms with Crippen LogP contribution in [0.5, 0.6) is 0 Å². The molecule has 0 radical (unpaired) electrons. The largest absolute Gasteiger partial charge is 0.357 e. The number of benzene rings is 3. The zero-order valence-corrected chi connectivity index (χ0v) is 22.2. The average molecular weight is 548 g/mol. The van der Waals surface area contributed by atoms with E-state index < -0.39 is 28.5 Å². The van der Waals surface area contributed by atoms with Crippen LogP contribution in [0.1, 0.15) is 18.9 Å². The number of hydrogen-bond donors (Lipinski definition) is 1. The molecule has 0 aliphatic heterocycles. The Hall–Kier alpha value is -3.07. The minimum atomic E-state index is -4.16. The molecule has 3 aromatic carbocycles. The van der Waals surface area contributed by atoms with E-state index in [4.69, 9.17) is 23.2 Å². The second kappa shape index (κ2) is 12.3. The fraction of sp³-hybridized carbons (Fsp3) is 0.231. The molecule has 0 bridgehead atoms. The second-order valence-corrected chi connectivity index (χ2v) is 10.7. The molecule has 7 nitrogen and oxygen atoms in total. The molecule has 0 aliphatic rings. The van der Waals surface area contributed by atoms with E-state index in [0.717, 1.165) is 9.87 Å². The van der Waals surface area contributed by atoms with E-state index in [1.165, 1.54) is 30.1 Å². The lowest BCUT2D eigenvalue weighted by atomic mass is 10.1. The topological polar surface area (TPSA) is 86.8 Å². The van der Waals surface area contributed by atoms with Crippen molar-refractivity contribution < 1.29 is 18.0 Å². The lowest BCUT2D eigenvalue weighted by molar-refractivity contribution is -0.140. The number of carbonyl (C=O) groups excluding carboxylic acids is 2. The molecule has 0 fully saturated rings. The maximum Gasteiger partial charge on any atom is 0.264 e. The first kappa shape index (κ1) is 27.5. The molecule has 1 N–H and O–H groups in total. The third-order valence-electron chi connectivity index (χ3n) is 5.63. The maximum atomic E-state index is 13.8. The molecular weight excluding hydrogens is 521 g/mol. The van der Waals surface area contributed by atoms with Crippen LogP contribution in [0.15, 0.2) is 83.8 Å². The van der Waals surface area contributed by atoms with E-state index in [9.17, 15) is 18.0 Å². The number of likely N-dealkylation sites (N-methyl/N-ethyl adjacent to an activating group) is 1. The van der Waals surface area contributed by atoms with E-state index in [1.54, 1.807) is 67.6 Å². The highest BCUT2D eigenvalue weighted by Gasteiger charge is 2.34. The number of rotatable bonds is 10. The summed E-state index contributed by atoms with van der Waals surface area (Å²) in [5, 5.41) is 3.30. The van der Waals surface area contributed by atoms with Gasteiger partial charge in [-0.1, -0.05) is 72.6 Å². The summed E-state index contributed by atoms with van der Waals surface area (Å²) in [6.45, 7) is 1.32. The normalized spacial score (nSPS) is 12.0. The van der Waals surface area contributed by atoms with Gasteiger partial charge in [-0.05, 0) is 48.4 Å². The number of anilines is 1. The molecule has 0 heterocycles. The highest BCUT2D eigenvalue weighted by molar-refractivity contribution is 7.92. The predicted molar refractivity (Wildman–Crippen MR) is 143 cm³/mol. The number of nitrogens with zero attached hydrogens (tertiary/aromatic N) is 2. The van der Waals surface area contributed by atoms with Crippen LogP contribution in [0.4, 0.5) is 5.69 Å². The van der Waals surface area contributed by atoms with Crippen molar-refractivity contribution in [2.45, 2.75) is 30.8 Å². The lowest BCUT2D eigenvalue weighted by Crippen LogP contribution is -2.51. The molecule has 2 amide bonds. The van der Waals surface area contributed by atoms with Crippen LogP contribution in [-0.2, 0) is 26.2 Å². The summed E-state index contributed by atoms with van der Waals surface area (Å²) in [4.78, 5) is 27.9. The van der Waals surface area contributed by atoms with Gasteiger partial charge in [-0.15, -0.1) is 0 Å². The number of para-hydroxylation sites is 1. The van der Waals surface area contributed by atoms with Gasteiger partial charge in [0.25, 0.3) is 10.0 Å². The van der Waals surface area contributed by atoms with Gasteiger partial charge in [0.05, 0.1) is 15.6 Å². The molecule has 0 aromatic heterocycles. The van der Waals surface area contributed by atoms with E-state index in [1.807, 2.05) is 0 Å². The Morgan fingerprint density at radius 2 is 1.53 bits per heavy atom. The first-order valence-corrected chi connectivity index (χ1v) is 13.5. The third kappa shape index (κ3) is 6.37. The van der Waals surface area contributed by atoms with Crippen molar-refractivity contribution in [1.29, 1.82) is 0 Å². The number of halogens is 2. The van der Waals surface area contributed by atoms with Crippen LogP contribution in [0.2, 0.25) is 10.0 Å². The highest BCUT2D eigenvalue weighted by Crippen LogP contribution is 2.30. The molecule has 190 valence electrons. The van der Waals surface area contributed by atoms with Gasteiger partial charge in [-0.25, -0.2) is 8.42 Å². The summed E-state index contributed by atoms with van der Waals surface area (Å²) in [7, 11) is -2.67. The molecule has 3 aromatic rings. The molecular formula is C26H27Cl2N3O4S. The quantitative estimate of drug-likeness (QED) is 0.397. The van der Waals surface area contributed by atoms with E-state index in [2.05, 4.69) is 5.32 Å². The van der Waals surface area contributed by atoms with E-state index in [0.29, 0.717) is 11.4 Å². The van der Waals surface area contributed by atoms with Gasteiger partial charge in [-0.3, -0.25) is 13.9 Å². The van der Waals surface area contributed by atoms with Crippen LogP contribution in [-0.4, -0.2) is 44.8 Å². The van der Waals surface area contributed by atoms with Gasteiger partial charge in [0.1, 0.15) is 12.6 Å². The molecule has 0 spiro atoms. The summed E-state index contributed by atoms with van der Waals surface area (Å²) in [6, 6.07) is 20.3. The van der Waals surface area contributed by atoms with Gasteiger partial charge in [-0.2, -0.15) is 0 Å². The minimum absolute atomic E-state index is 0.0142. The van der Waals surface area contributed by atoms with Gasteiger partial charge in [0.15, 0.2) is 0 Å². The Labute approximate surface area is 221 Å². The predicted octanol–water partition coefficient (Wildman–Crippen LogP) is 4.74. The second-order valence-electron chi connectivity index (χ2n) is 7.96. The van der Waals surface area contributed by atoms with Crippen molar-refractivity contribution in [2.24, 2.45) is 0 Å². The van der Waals surface area contributed by atoms with Crippen molar-refractivity contribution in [3.05, 3.63) is 94.5 Å². The average Bonchev–Trinajstić information content (AvgIpc) is 2.89. The zero-order valence-electron chi connectivity index (χ0n) is 19.9. The van der Waals surface area contributed by atoms with Gasteiger partial charge in [0.2, 0.25) is 11.8 Å². The minimum Gasteiger partial charge on any atom is -0.357 e. The fourth-order valence-electron chi connectivity index (χ4n) is 3.76. The van der Waals surface area contributed by atoms with Gasteiger partial charge in [0, 0.05) is 18.6 Å². The standard InChI is InChI=1S/C26H27Cl2N3O4S/c1-3-23(26(33)29-2)30(17-19-13-15-20(27)16-14-19)25(32)18-31(24-12-8-7-11-22(24)28)36(34,35)21-9-5-4-6-10-21/h4-16,23H,3,17-18H2,1-2H3,(H,29,33). The first-order chi connectivity index (χ1) is 17.2. The lowest BCUT2D eigenvalue weighted by Gasteiger charge is -2.33. The number of carbonyl (C=O) groups is 2. The van der Waals surface area contributed by atoms with Gasteiger partial charge < -0.3 is 10.2 Å². The Balaban J connectivity index is 2.05. The molecule has 3 rings (SSSR count). The van der Waals surface area contributed by atoms with Crippen molar-refractivity contribution in [2.75, 3.05) is 17.9 Å². The number of hydrogen-bond acceptors (Lipinski definition) is 4. The van der Waals surface area contributed by atoms with Crippen molar-refractivity contribution in [3.8, 4) is 0 Å². The van der Waals surface area contributed by atoms with Crippen molar-refractivity contribution in [3.63, 3.8) is 0 Å². The molecule has 0 aliphatic carbocycles. The fourth-order valence-corrected chi connectivity index (χ4v) is 5.63. The number of sulfonamides is 1. The summed E-state index contributed by atoms with van der Waals surface area (Å²) < 4.78 is 28.3. The molecule has 1 unspecified atom stereocenters. The van der Waals surface area contributed by atoms with Crippen LogP contribution in [0, 0.1) is 0 Å². The van der Waals surface area contributed by atoms with Crippen LogP contribution in [0.3, 0.4) is 0 Å². The Bertz CT molecular complexity index is 1300. The first-order valence-electron chi connectivity index (χ1n) is 11.3. The monoisotopic (exact) mass is 547 g/mol. The maximum absolute atomic E-state index is 13.8. The van der Waals surface area contributed by atoms with Gasteiger partial charge >= 0.3 is 0 Å². The Morgan fingerprint density at radius 1 is 0.917 bits per heavy atom. The molecule has 1 atom stereocenters. The Kier molecular flexibility index (Phi) is 9.37. The number of amides is 2. The third-order valence-corrected chi connectivity index (χ3v) is 7.98. The summed E-state index contributed by atoms with van der Waals surface area (Å²) in [5.41, 5.74) is 0.904. The summed E-state index contributed by atoms with van der Waals surface area (Å²) in [5.74, 6) is -0.908. The van der Waals surface area contributed by atoms with E-state index >= 15 is 0 Å². The highest BCUT2D eigenvalue weighted by atomic mass is 35.5. The molecule has 36 heavy (non-hydrogen) atoms. The molecule has 0 saturated carbocycles. The smallest absolute Gasteiger partial charge is 0.264 e. The molecule has 10 heteroatoms. The zero-order chi connectivity index (χ0) is 26.3. The van der Waals surface area contributed by atoms with Crippen LogP contribution >= 0.6 is 23.2 Å². The summed E-state index contributed by atoms with van der Waals surface area (Å²) >= 11 is 12.4. The summed E-state index contributed by atoms with van der Waals surface area (Å²) in [6.07, 6.45) is 0.330. The Morgan fingerprint density at radius 3 is 2.11 bits per heavy atom. The van der Waals surface area contributed by atoms with Crippen molar-refractivity contribution >= 4 is 50.7 Å². The van der Waals surface area contributed by atoms with Crippen LogP contribution in [0.25, 0.3) is 0 Å². The SMILES string of the molecule is CCC(C(=O)NC)N(Cc1ccc(Cl)cc1)C(=O)CN(c1ccccc1Cl)S(=O)(=O)c1ccccc1. The van der Waals surface area contributed by atoms with E-state index in [-0.39, 0.29) is 28.1 Å². The molecule has 0 saturated heterocycles. The number of nitrogens with one attached hydrogen (secondary N) is 1.